The van der Waals surface area contributed by atoms with E-state index in [2.05, 4.69) is 5.32 Å². The van der Waals surface area contributed by atoms with Gasteiger partial charge in [-0.25, -0.2) is 4.39 Å². The molecule has 0 spiro atoms. The number of esters is 1. The summed E-state index contributed by atoms with van der Waals surface area (Å²) in [6, 6.07) is 12.0. The quantitative estimate of drug-likeness (QED) is 0.576. The maximum absolute atomic E-state index is 12.7. The van der Waals surface area contributed by atoms with Gasteiger partial charge in [0.25, 0.3) is 5.91 Å². The summed E-state index contributed by atoms with van der Waals surface area (Å²) in [5.41, 5.74) is 0.463. The first-order valence-electron chi connectivity index (χ1n) is 7.62. The normalized spacial score (nSPS) is 10.2. The van der Waals surface area contributed by atoms with E-state index in [1.54, 1.807) is 24.3 Å². The lowest BCUT2D eigenvalue weighted by molar-refractivity contribution is -0.144. The molecular weight excluding hydrogens is 349 g/mol. The van der Waals surface area contributed by atoms with E-state index in [0.29, 0.717) is 16.3 Å². The minimum Gasteiger partial charge on any atom is -0.490 e. The minimum atomic E-state index is -0.445. The highest BCUT2D eigenvalue weighted by Gasteiger charge is 2.07. The van der Waals surface area contributed by atoms with Gasteiger partial charge in [-0.3, -0.25) is 9.59 Å². The molecule has 1 N–H and O–H groups in total. The Kier molecular flexibility index (Phi) is 7.22. The third kappa shape index (κ3) is 6.81. The van der Waals surface area contributed by atoms with Crippen LogP contribution in [0.25, 0.3) is 0 Å². The van der Waals surface area contributed by atoms with Crippen molar-refractivity contribution in [1.82, 2.24) is 5.32 Å². The molecule has 0 saturated heterocycles. The highest BCUT2D eigenvalue weighted by Crippen LogP contribution is 2.11. The Bertz CT molecular complexity index is 704. The molecule has 25 heavy (non-hydrogen) atoms. The zero-order valence-electron chi connectivity index (χ0n) is 13.3. The fourth-order valence-corrected chi connectivity index (χ4v) is 2.03. The number of nitrogens with one attached hydrogen (secondary N) is 1. The monoisotopic (exact) mass is 365 g/mol. The lowest BCUT2D eigenvalue weighted by Gasteiger charge is -2.08. The first-order chi connectivity index (χ1) is 12.0. The molecule has 1 amide bonds. The van der Waals surface area contributed by atoms with Crippen molar-refractivity contribution in [3.05, 3.63) is 64.9 Å². The lowest BCUT2D eigenvalue weighted by Crippen LogP contribution is -2.26. The first-order valence-corrected chi connectivity index (χ1v) is 8.00. The van der Waals surface area contributed by atoms with Gasteiger partial charge in [0.15, 0.2) is 0 Å². The molecule has 2 aromatic rings. The van der Waals surface area contributed by atoms with Gasteiger partial charge in [0.05, 0.1) is 6.42 Å². The van der Waals surface area contributed by atoms with Gasteiger partial charge >= 0.3 is 5.97 Å². The molecule has 7 heteroatoms. The maximum Gasteiger partial charge on any atom is 0.307 e. The first kappa shape index (κ1) is 18.7. The van der Waals surface area contributed by atoms with Gasteiger partial charge in [-0.05, 0) is 48.5 Å². The van der Waals surface area contributed by atoms with E-state index in [9.17, 15) is 14.0 Å². The molecule has 0 aliphatic rings. The van der Waals surface area contributed by atoms with Gasteiger partial charge in [-0.15, -0.1) is 0 Å². The van der Waals surface area contributed by atoms with Crippen LogP contribution in [0.3, 0.4) is 0 Å². The maximum atomic E-state index is 12.7. The predicted octanol–water partition coefficient (Wildman–Crippen LogP) is 3.22. The Labute approximate surface area is 149 Å². The Morgan fingerprint density at radius 2 is 1.68 bits per heavy atom. The topological polar surface area (TPSA) is 64.6 Å². The van der Waals surface area contributed by atoms with E-state index < -0.39 is 5.97 Å². The number of hydrogen-bond donors (Lipinski definition) is 1. The Balaban J connectivity index is 1.58. The second-order valence-corrected chi connectivity index (χ2v) is 5.47. The molecule has 2 rings (SSSR count). The van der Waals surface area contributed by atoms with Crippen molar-refractivity contribution in [2.24, 2.45) is 0 Å². The van der Waals surface area contributed by atoms with E-state index in [1.807, 2.05) is 0 Å². The van der Waals surface area contributed by atoms with Crippen LogP contribution in [0.5, 0.6) is 5.75 Å². The Hall–Kier alpha value is -2.60. The Morgan fingerprint density at radius 1 is 1.00 bits per heavy atom. The van der Waals surface area contributed by atoms with Gasteiger partial charge in [-0.1, -0.05) is 11.6 Å². The molecule has 0 aromatic heterocycles. The SMILES string of the molecule is O=C(CCNC(=O)c1ccc(Cl)cc1)OCCOc1ccc(F)cc1. The van der Waals surface area contributed by atoms with Crippen LogP contribution < -0.4 is 10.1 Å². The summed E-state index contributed by atoms with van der Waals surface area (Å²) in [6.45, 7) is 0.398. The van der Waals surface area contributed by atoms with Crippen molar-refractivity contribution in [3.8, 4) is 5.75 Å². The number of carbonyl (C=O) groups excluding carboxylic acids is 2. The fourth-order valence-electron chi connectivity index (χ4n) is 1.90. The summed E-state index contributed by atoms with van der Waals surface area (Å²) in [5.74, 6) is -0.588. The van der Waals surface area contributed by atoms with Crippen LogP contribution in [0.15, 0.2) is 48.5 Å². The molecular formula is C18H17ClFNO4. The molecule has 0 heterocycles. The number of ether oxygens (including phenoxy) is 2. The van der Waals surface area contributed by atoms with Crippen LogP contribution in [0.1, 0.15) is 16.8 Å². The molecule has 132 valence electrons. The number of amides is 1. The van der Waals surface area contributed by atoms with Crippen molar-refractivity contribution in [2.75, 3.05) is 19.8 Å². The molecule has 0 aliphatic heterocycles. The largest absolute Gasteiger partial charge is 0.490 e. The van der Waals surface area contributed by atoms with Crippen molar-refractivity contribution < 1.29 is 23.5 Å². The van der Waals surface area contributed by atoms with Crippen molar-refractivity contribution in [3.63, 3.8) is 0 Å². The van der Waals surface area contributed by atoms with Gasteiger partial charge in [-0.2, -0.15) is 0 Å². The molecule has 0 atom stereocenters. The second-order valence-electron chi connectivity index (χ2n) is 5.04. The third-order valence-electron chi connectivity index (χ3n) is 3.15. The lowest BCUT2D eigenvalue weighted by atomic mass is 10.2. The zero-order valence-corrected chi connectivity index (χ0v) is 14.1. The number of rotatable bonds is 8. The van der Waals surface area contributed by atoms with Crippen LogP contribution in [0.4, 0.5) is 4.39 Å². The second kappa shape index (κ2) is 9.64. The van der Waals surface area contributed by atoms with E-state index in [0.717, 1.165) is 0 Å². The molecule has 0 saturated carbocycles. The van der Waals surface area contributed by atoms with E-state index in [-0.39, 0.29) is 37.9 Å². The number of benzene rings is 2. The zero-order chi connectivity index (χ0) is 18.1. The van der Waals surface area contributed by atoms with Crippen LogP contribution in [-0.4, -0.2) is 31.6 Å². The van der Waals surface area contributed by atoms with Crippen molar-refractivity contribution in [1.29, 1.82) is 0 Å². The standard InChI is InChI=1S/C18H17ClFNO4/c19-14-3-1-13(2-4-14)18(23)21-10-9-17(22)25-12-11-24-16-7-5-15(20)6-8-16/h1-8H,9-12H2,(H,21,23). The summed E-state index contributed by atoms with van der Waals surface area (Å²) >= 11 is 5.75. The van der Waals surface area contributed by atoms with Crippen LogP contribution in [0.2, 0.25) is 5.02 Å². The van der Waals surface area contributed by atoms with E-state index in [1.165, 1.54) is 24.3 Å². The minimum absolute atomic E-state index is 0.0515. The highest BCUT2D eigenvalue weighted by atomic mass is 35.5. The fraction of sp³-hybridized carbons (Fsp3) is 0.222. The van der Waals surface area contributed by atoms with Crippen molar-refractivity contribution >= 4 is 23.5 Å². The number of hydrogen-bond acceptors (Lipinski definition) is 4. The summed E-state index contributed by atoms with van der Waals surface area (Å²) in [7, 11) is 0. The average Bonchev–Trinajstić information content (AvgIpc) is 2.61. The van der Waals surface area contributed by atoms with Gasteiger partial charge in [0.2, 0.25) is 0 Å². The van der Waals surface area contributed by atoms with Crippen LogP contribution in [-0.2, 0) is 9.53 Å². The molecule has 0 bridgehead atoms. The molecule has 0 unspecified atom stereocenters. The van der Waals surface area contributed by atoms with Gasteiger partial charge in [0, 0.05) is 17.1 Å². The summed E-state index contributed by atoms with van der Waals surface area (Å²) < 4.78 is 23.0. The third-order valence-corrected chi connectivity index (χ3v) is 3.40. The number of halogens is 2. The highest BCUT2D eigenvalue weighted by molar-refractivity contribution is 6.30. The van der Waals surface area contributed by atoms with Gasteiger partial charge in [0.1, 0.15) is 24.8 Å². The van der Waals surface area contributed by atoms with Crippen LogP contribution in [0, 0.1) is 5.82 Å². The molecule has 0 fully saturated rings. The summed E-state index contributed by atoms with van der Waals surface area (Å²) in [4.78, 5) is 23.4. The summed E-state index contributed by atoms with van der Waals surface area (Å²) in [6.07, 6.45) is 0.0515. The predicted molar refractivity (Wildman–Crippen MR) is 91.3 cm³/mol. The van der Waals surface area contributed by atoms with Crippen molar-refractivity contribution in [2.45, 2.75) is 6.42 Å². The van der Waals surface area contributed by atoms with Gasteiger partial charge < -0.3 is 14.8 Å². The van der Waals surface area contributed by atoms with Crippen LogP contribution >= 0.6 is 11.6 Å². The molecule has 0 radical (unpaired) electrons. The average molecular weight is 366 g/mol. The Morgan fingerprint density at radius 3 is 2.36 bits per heavy atom. The van der Waals surface area contributed by atoms with E-state index >= 15 is 0 Å². The summed E-state index contributed by atoms with van der Waals surface area (Å²) in [5, 5.41) is 3.17. The molecule has 2 aromatic carbocycles. The van der Waals surface area contributed by atoms with E-state index in [4.69, 9.17) is 21.1 Å². The molecule has 5 nitrogen and oxygen atoms in total. The smallest absolute Gasteiger partial charge is 0.307 e. The number of carbonyl (C=O) groups is 2. The molecule has 0 aliphatic carbocycles.